The van der Waals surface area contributed by atoms with Crippen LogP contribution in [0.15, 0.2) is 0 Å². The van der Waals surface area contributed by atoms with Gasteiger partial charge >= 0.3 is 0 Å². The van der Waals surface area contributed by atoms with Crippen molar-refractivity contribution in [3.05, 3.63) is 0 Å². The lowest BCUT2D eigenvalue weighted by molar-refractivity contribution is -0.138. The molecular formula is C10H18N2O3. The van der Waals surface area contributed by atoms with Crippen molar-refractivity contribution in [2.75, 3.05) is 20.2 Å². The van der Waals surface area contributed by atoms with Gasteiger partial charge in [-0.3, -0.25) is 14.5 Å². The van der Waals surface area contributed by atoms with Gasteiger partial charge in [0.15, 0.2) is 0 Å². The van der Waals surface area contributed by atoms with Crippen LogP contribution in [0.3, 0.4) is 0 Å². The summed E-state index contributed by atoms with van der Waals surface area (Å²) in [5, 5.41) is 3.04. The molecule has 2 amide bonds. The van der Waals surface area contributed by atoms with Gasteiger partial charge in [0, 0.05) is 20.2 Å². The Morgan fingerprint density at radius 3 is 2.73 bits per heavy atom. The Morgan fingerprint density at radius 2 is 2.27 bits per heavy atom. The summed E-state index contributed by atoms with van der Waals surface area (Å²) in [6, 6.07) is -0.366. The zero-order valence-electron chi connectivity index (χ0n) is 9.45. The van der Waals surface area contributed by atoms with Crippen molar-refractivity contribution in [1.29, 1.82) is 0 Å². The summed E-state index contributed by atoms with van der Waals surface area (Å²) in [4.78, 5) is 24.3. The van der Waals surface area contributed by atoms with Gasteiger partial charge in [-0.05, 0) is 13.8 Å². The molecule has 1 rings (SSSR count). The van der Waals surface area contributed by atoms with Crippen LogP contribution in [0.4, 0.5) is 0 Å². The second-order valence-corrected chi connectivity index (χ2v) is 3.69. The summed E-state index contributed by atoms with van der Waals surface area (Å²) >= 11 is 0. The van der Waals surface area contributed by atoms with Crippen LogP contribution in [0.2, 0.25) is 0 Å². The summed E-state index contributed by atoms with van der Waals surface area (Å²) in [7, 11) is 1.62. The van der Waals surface area contributed by atoms with E-state index in [1.54, 1.807) is 14.0 Å². The average molecular weight is 214 g/mol. The molecule has 1 saturated heterocycles. The van der Waals surface area contributed by atoms with E-state index in [0.717, 1.165) is 0 Å². The number of methoxy groups -OCH3 is 1. The van der Waals surface area contributed by atoms with Crippen molar-refractivity contribution in [3.63, 3.8) is 0 Å². The fourth-order valence-corrected chi connectivity index (χ4v) is 1.57. The molecule has 0 aliphatic carbocycles. The zero-order valence-corrected chi connectivity index (χ0v) is 9.45. The first-order chi connectivity index (χ1) is 7.10. The monoisotopic (exact) mass is 214 g/mol. The quantitative estimate of drug-likeness (QED) is 0.642. The number of carbonyl (C=O) groups is 2. The van der Waals surface area contributed by atoms with Crippen LogP contribution in [0.1, 0.15) is 20.3 Å². The molecular weight excluding hydrogens is 196 g/mol. The molecule has 0 radical (unpaired) electrons. The summed E-state index contributed by atoms with van der Waals surface area (Å²) in [6.07, 6.45) is 0.312. The van der Waals surface area contributed by atoms with Gasteiger partial charge in [0.05, 0.1) is 18.6 Å². The maximum absolute atomic E-state index is 11.6. The molecule has 86 valence electrons. The third-order valence-corrected chi connectivity index (χ3v) is 2.61. The Bertz CT molecular complexity index is 255. The van der Waals surface area contributed by atoms with Crippen molar-refractivity contribution >= 4 is 11.8 Å². The van der Waals surface area contributed by atoms with E-state index in [4.69, 9.17) is 4.74 Å². The van der Waals surface area contributed by atoms with E-state index in [2.05, 4.69) is 5.32 Å². The molecule has 15 heavy (non-hydrogen) atoms. The Kier molecular flexibility index (Phi) is 4.23. The molecule has 5 heteroatoms. The number of amides is 2. The van der Waals surface area contributed by atoms with Crippen LogP contribution < -0.4 is 5.32 Å². The predicted molar refractivity (Wildman–Crippen MR) is 55.3 cm³/mol. The highest BCUT2D eigenvalue weighted by Crippen LogP contribution is 2.12. The first kappa shape index (κ1) is 12.1. The van der Waals surface area contributed by atoms with Crippen LogP contribution >= 0.6 is 0 Å². The van der Waals surface area contributed by atoms with Gasteiger partial charge in [0.1, 0.15) is 0 Å². The van der Waals surface area contributed by atoms with E-state index < -0.39 is 0 Å². The van der Waals surface area contributed by atoms with Gasteiger partial charge in [-0.15, -0.1) is 0 Å². The molecule has 0 aromatic heterocycles. The molecule has 1 heterocycles. The molecule has 5 nitrogen and oxygen atoms in total. The van der Waals surface area contributed by atoms with Gasteiger partial charge in [-0.25, -0.2) is 0 Å². The zero-order chi connectivity index (χ0) is 11.4. The summed E-state index contributed by atoms with van der Waals surface area (Å²) in [5.41, 5.74) is 0. The molecule has 2 unspecified atom stereocenters. The standard InChI is InChI=1S/C10H18N2O3/c1-4-12-9(13)5-8(10(12)14)11-6-7(2)15-3/h7-8,11H,4-6H2,1-3H3. The third-order valence-electron chi connectivity index (χ3n) is 2.61. The Balaban J connectivity index is 2.45. The Morgan fingerprint density at radius 1 is 1.60 bits per heavy atom. The lowest BCUT2D eigenvalue weighted by Crippen LogP contribution is -2.41. The smallest absolute Gasteiger partial charge is 0.246 e. The molecule has 2 atom stereocenters. The number of likely N-dealkylation sites (tertiary alicyclic amines) is 1. The van der Waals surface area contributed by atoms with Crippen LogP contribution in [-0.2, 0) is 14.3 Å². The molecule has 0 aromatic carbocycles. The first-order valence-electron chi connectivity index (χ1n) is 5.20. The van der Waals surface area contributed by atoms with Crippen molar-refractivity contribution in [1.82, 2.24) is 10.2 Å². The summed E-state index contributed by atoms with van der Waals surface area (Å²) < 4.78 is 5.05. The number of nitrogens with one attached hydrogen (secondary N) is 1. The minimum atomic E-state index is -0.366. The number of nitrogens with zero attached hydrogens (tertiary/aromatic N) is 1. The van der Waals surface area contributed by atoms with E-state index in [1.165, 1.54) is 4.90 Å². The molecule has 0 saturated carbocycles. The van der Waals surface area contributed by atoms with Gasteiger partial charge in [0.2, 0.25) is 11.8 Å². The lowest BCUT2D eigenvalue weighted by Gasteiger charge is -2.15. The SMILES string of the molecule is CCN1C(=O)CC(NCC(C)OC)C1=O. The third kappa shape index (κ3) is 2.76. The minimum absolute atomic E-state index is 0.0450. The number of ether oxygens (including phenoxy) is 1. The number of rotatable bonds is 5. The van der Waals surface area contributed by atoms with E-state index in [0.29, 0.717) is 13.1 Å². The van der Waals surface area contributed by atoms with Gasteiger partial charge in [0.25, 0.3) is 0 Å². The number of carbonyl (C=O) groups excluding carboxylic acids is 2. The fraction of sp³-hybridized carbons (Fsp3) is 0.800. The summed E-state index contributed by atoms with van der Waals surface area (Å²) in [6.45, 7) is 4.75. The largest absolute Gasteiger partial charge is 0.380 e. The van der Waals surface area contributed by atoms with Crippen LogP contribution in [0, 0.1) is 0 Å². The molecule has 1 aliphatic heterocycles. The van der Waals surface area contributed by atoms with E-state index in [9.17, 15) is 9.59 Å². The molecule has 1 fully saturated rings. The van der Waals surface area contributed by atoms with Crippen molar-refractivity contribution < 1.29 is 14.3 Å². The second kappa shape index (κ2) is 5.23. The molecule has 0 spiro atoms. The highest BCUT2D eigenvalue weighted by atomic mass is 16.5. The van der Waals surface area contributed by atoms with Crippen LogP contribution in [0.5, 0.6) is 0 Å². The van der Waals surface area contributed by atoms with Crippen molar-refractivity contribution in [2.24, 2.45) is 0 Å². The normalized spacial score (nSPS) is 23.7. The molecule has 1 aliphatic rings. The minimum Gasteiger partial charge on any atom is -0.380 e. The van der Waals surface area contributed by atoms with Gasteiger partial charge in [-0.1, -0.05) is 0 Å². The van der Waals surface area contributed by atoms with Gasteiger partial charge in [-0.2, -0.15) is 0 Å². The van der Waals surface area contributed by atoms with E-state index in [-0.39, 0.29) is 30.4 Å². The second-order valence-electron chi connectivity index (χ2n) is 3.69. The highest BCUT2D eigenvalue weighted by Gasteiger charge is 2.37. The molecule has 1 N–H and O–H groups in total. The Labute approximate surface area is 89.8 Å². The van der Waals surface area contributed by atoms with E-state index >= 15 is 0 Å². The van der Waals surface area contributed by atoms with Crippen LogP contribution in [-0.4, -0.2) is 49.1 Å². The van der Waals surface area contributed by atoms with Crippen molar-refractivity contribution in [2.45, 2.75) is 32.4 Å². The van der Waals surface area contributed by atoms with E-state index in [1.807, 2.05) is 6.92 Å². The molecule has 0 bridgehead atoms. The topological polar surface area (TPSA) is 58.6 Å². The first-order valence-corrected chi connectivity index (χ1v) is 5.20. The maximum atomic E-state index is 11.6. The fourth-order valence-electron chi connectivity index (χ4n) is 1.57. The molecule has 0 aromatic rings. The average Bonchev–Trinajstić information content (AvgIpc) is 2.50. The number of hydrogen-bond donors (Lipinski definition) is 1. The van der Waals surface area contributed by atoms with Gasteiger partial charge < -0.3 is 10.1 Å². The number of hydrogen-bond acceptors (Lipinski definition) is 4. The highest BCUT2D eigenvalue weighted by molar-refractivity contribution is 6.05. The summed E-state index contributed by atoms with van der Waals surface area (Å²) in [5.74, 6) is -0.212. The number of likely N-dealkylation sites (N-methyl/N-ethyl adjacent to an activating group) is 1. The number of imide groups is 1. The maximum Gasteiger partial charge on any atom is 0.246 e. The van der Waals surface area contributed by atoms with Crippen molar-refractivity contribution in [3.8, 4) is 0 Å². The Hall–Kier alpha value is -0.940. The predicted octanol–water partition coefficient (Wildman–Crippen LogP) is -0.242. The van der Waals surface area contributed by atoms with Crippen LogP contribution in [0.25, 0.3) is 0 Å². The lowest BCUT2D eigenvalue weighted by atomic mass is 10.2.